The first-order chi connectivity index (χ1) is 8.09. The lowest BCUT2D eigenvalue weighted by Gasteiger charge is -1.96. The molecule has 0 unspecified atom stereocenters. The maximum Gasteiger partial charge on any atom is 0.246 e. The van der Waals surface area contributed by atoms with Gasteiger partial charge in [0.1, 0.15) is 5.69 Å². The molecule has 0 fully saturated rings. The molecule has 2 rings (SSSR count). The average molecular weight is 234 g/mol. The van der Waals surface area contributed by atoms with Gasteiger partial charge in [0.15, 0.2) is 0 Å². The molecular formula is C11H10N2O4. The van der Waals surface area contributed by atoms with Crippen molar-refractivity contribution in [2.45, 2.75) is 6.92 Å². The highest BCUT2D eigenvalue weighted by molar-refractivity contribution is 5.90. The van der Waals surface area contributed by atoms with Gasteiger partial charge in [0.2, 0.25) is 29.1 Å². The minimum atomic E-state index is -0.513. The lowest BCUT2D eigenvalue weighted by atomic mass is 10.2. The maximum absolute atomic E-state index is 10.8. The van der Waals surface area contributed by atoms with Crippen LogP contribution >= 0.6 is 0 Å². The average Bonchev–Trinajstić information content (AvgIpc) is 2.58. The van der Waals surface area contributed by atoms with Gasteiger partial charge in [0.05, 0.1) is 0 Å². The highest BCUT2D eigenvalue weighted by atomic mass is 16.4. The van der Waals surface area contributed by atoms with Gasteiger partial charge in [-0.25, -0.2) is 0 Å². The number of carbonyl (C=O) groups is 1. The van der Waals surface area contributed by atoms with E-state index in [9.17, 15) is 15.0 Å². The summed E-state index contributed by atoms with van der Waals surface area (Å²) in [6, 6.07) is 5.02. The quantitative estimate of drug-likeness (QED) is 0.735. The molecule has 0 saturated carbocycles. The van der Waals surface area contributed by atoms with Crippen LogP contribution in [0.4, 0.5) is 5.88 Å². The van der Waals surface area contributed by atoms with Crippen LogP contribution in [0, 0.1) is 0 Å². The van der Waals surface area contributed by atoms with Gasteiger partial charge in [-0.2, -0.15) is 0 Å². The Morgan fingerprint density at radius 1 is 1.35 bits per heavy atom. The van der Waals surface area contributed by atoms with Crippen LogP contribution in [-0.2, 0) is 4.79 Å². The van der Waals surface area contributed by atoms with E-state index in [4.69, 9.17) is 4.42 Å². The number of furan rings is 1. The molecule has 0 aliphatic rings. The predicted molar refractivity (Wildman–Crippen MR) is 59.6 cm³/mol. The van der Waals surface area contributed by atoms with E-state index >= 15 is 0 Å². The number of nitrogens with zero attached hydrogens (tertiary/aromatic N) is 1. The van der Waals surface area contributed by atoms with Crippen LogP contribution in [0.1, 0.15) is 6.92 Å². The molecule has 1 amide bonds. The number of amides is 1. The molecule has 3 N–H and O–H groups in total. The Balaban J connectivity index is 2.46. The van der Waals surface area contributed by atoms with E-state index in [-0.39, 0.29) is 11.6 Å². The van der Waals surface area contributed by atoms with Gasteiger partial charge in [-0.15, -0.1) is 0 Å². The second-order valence-electron chi connectivity index (χ2n) is 3.35. The van der Waals surface area contributed by atoms with Gasteiger partial charge in [-0.1, -0.05) is 6.07 Å². The third-order valence-corrected chi connectivity index (χ3v) is 2.05. The summed E-state index contributed by atoms with van der Waals surface area (Å²) in [5.74, 6) is -1.57. The molecule has 0 radical (unpaired) electrons. The van der Waals surface area contributed by atoms with E-state index in [0.717, 1.165) is 0 Å². The minimum absolute atomic E-state index is 0.00634. The van der Waals surface area contributed by atoms with Crippen LogP contribution in [0.2, 0.25) is 0 Å². The summed E-state index contributed by atoms with van der Waals surface area (Å²) in [6.07, 6.45) is 1.52. The van der Waals surface area contributed by atoms with Crippen molar-refractivity contribution in [2.75, 3.05) is 5.32 Å². The van der Waals surface area contributed by atoms with E-state index < -0.39 is 17.4 Å². The number of rotatable bonds is 2. The molecule has 2 heterocycles. The van der Waals surface area contributed by atoms with Crippen molar-refractivity contribution in [3.63, 3.8) is 0 Å². The van der Waals surface area contributed by atoms with Crippen LogP contribution < -0.4 is 5.32 Å². The maximum atomic E-state index is 10.8. The van der Waals surface area contributed by atoms with Crippen LogP contribution in [0.5, 0.6) is 11.5 Å². The molecule has 6 heteroatoms. The fourth-order valence-electron chi connectivity index (χ4n) is 1.33. The first-order valence-electron chi connectivity index (χ1n) is 4.83. The SMILES string of the molecule is CC(=O)Nc1oc(-c2ccccn2)c(O)c1O. The summed E-state index contributed by atoms with van der Waals surface area (Å²) < 4.78 is 5.15. The molecule has 0 bridgehead atoms. The zero-order valence-corrected chi connectivity index (χ0v) is 8.97. The number of aromatic hydroxyl groups is 2. The van der Waals surface area contributed by atoms with Crippen LogP contribution in [0.25, 0.3) is 11.5 Å². The largest absolute Gasteiger partial charge is 0.501 e. The first kappa shape index (κ1) is 11.0. The molecule has 2 aromatic heterocycles. The Kier molecular flexibility index (Phi) is 2.70. The van der Waals surface area contributed by atoms with Crippen LogP contribution in [0.3, 0.4) is 0 Å². The number of carbonyl (C=O) groups excluding carboxylic acids is 1. The molecule has 0 spiro atoms. The number of aromatic nitrogens is 1. The van der Waals surface area contributed by atoms with Crippen molar-refractivity contribution in [3.05, 3.63) is 24.4 Å². The molecule has 2 aromatic rings. The monoisotopic (exact) mass is 234 g/mol. The van der Waals surface area contributed by atoms with Crippen molar-refractivity contribution in [1.29, 1.82) is 0 Å². The molecule has 0 saturated heterocycles. The zero-order valence-electron chi connectivity index (χ0n) is 8.97. The number of nitrogens with one attached hydrogen (secondary N) is 1. The molecule has 88 valence electrons. The highest BCUT2D eigenvalue weighted by Gasteiger charge is 2.21. The number of pyridine rings is 1. The second-order valence-corrected chi connectivity index (χ2v) is 3.35. The van der Waals surface area contributed by atoms with Gasteiger partial charge < -0.3 is 14.6 Å². The van der Waals surface area contributed by atoms with Crippen molar-refractivity contribution in [1.82, 2.24) is 4.98 Å². The van der Waals surface area contributed by atoms with E-state index in [2.05, 4.69) is 10.3 Å². The molecular weight excluding hydrogens is 224 g/mol. The Labute approximate surface area is 96.5 Å². The van der Waals surface area contributed by atoms with Crippen LogP contribution in [0.15, 0.2) is 28.8 Å². The standard InChI is InChI=1S/C11H10N2O4/c1-6(14)13-11-9(16)8(15)10(17-11)7-4-2-3-5-12-7/h2-5,15-16H,1H3,(H,13,14). The van der Waals surface area contributed by atoms with Crippen molar-refractivity contribution in [2.24, 2.45) is 0 Å². The molecule has 6 nitrogen and oxygen atoms in total. The third-order valence-electron chi connectivity index (χ3n) is 2.05. The smallest absolute Gasteiger partial charge is 0.246 e. The van der Waals surface area contributed by atoms with Crippen LogP contribution in [-0.4, -0.2) is 21.1 Å². The third kappa shape index (κ3) is 2.05. The van der Waals surface area contributed by atoms with E-state index in [1.165, 1.54) is 13.1 Å². The number of anilines is 1. The lowest BCUT2D eigenvalue weighted by Crippen LogP contribution is -2.04. The Morgan fingerprint density at radius 3 is 2.71 bits per heavy atom. The lowest BCUT2D eigenvalue weighted by molar-refractivity contribution is -0.114. The summed E-state index contributed by atoms with van der Waals surface area (Å²) in [5, 5.41) is 21.5. The Morgan fingerprint density at radius 2 is 2.12 bits per heavy atom. The van der Waals surface area contributed by atoms with Gasteiger partial charge in [0, 0.05) is 13.1 Å². The van der Waals surface area contributed by atoms with Crippen molar-refractivity contribution >= 4 is 11.8 Å². The van der Waals surface area contributed by atoms with Gasteiger partial charge >= 0.3 is 0 Å². The van der Waals surface area contributed by atoms with Gasteiger partial charge in [-0.3, -0.25) is 15.1 Å². The first-order valence-corrected chi connectivity index (χ1v) is 4.83. The number of hydrogen-bond acceptors (Lipinski definition) is 5. The molecule has 0 aromatic carbocycles. The van der Waals surface area contributed by atoms with Gasteiger partial charge in [0.25, 0.3) is 0 Å². The van der Waals surface area contributed by atoms with Crippen molar-refractivity contribution < 1.29 is 19.4 Å². The number of hydrogen-bond donors (Lipinski definition) is 3. The highest BCUT2D eigenvalue weighted by Crippen LogP contribution is 2.44. The summed E-state index contributed by atoms with van der Waals surface area (Å²) >= 11 is 0. The Bertz CT molecular complexity index is 548. The summed E-state index contributed by atoms with van der Waals surface area (Å²) in [5.41, 5.74) is 0.358. The molecule has 0 aliphatic heterocycles. The topological polar surface area (TPSA) is 95.6 Å². The van der Waals surface area contributed by atoms with Gasteiger partial charge in [-0.05, 0) is 12.1 Å². The predicted octanol–water partition coefficient (Wildman–Crippen LogP) is 1.71. The van der Waals surface area contributed by atoms with E-state index in [1.807, 2.05) is 0 Å². The molecule has 0 atom stereocenters. The normalized spacial score (nSPS) is 10.2. The summed E-state index contributed by atoms with van der Waals surface area (Å²) in [6.45, 7) is 1.26. The van der Waals surface area contributed by atoms with E-state index in [0.29, 0.717) is 5.69 Å². The molecule has 17 heavy (non-hydrogen) atoms. The van der Waals surface area contributed by atoms with E-state index in [1.54, 1.807) is 18.2 Å². The fourth-order valence-corrected chi connectivity index (χ4v) is 1.33. The fraction of sp³-hybridized carbons (Fsp3) is 0.0909. The molecule has 0 aliphatic carbocycles. The summed E-state index contributed by atoms with van der Waals surface area (Å²) in [7, 11) is 0. The second kappa shape index (κ2) is 4.17. The zero-order chi connectivity index (χ0) is 12.4. The minimum Gasteiger partial charge on any atom is -0.501 e. The summed E-state index contributed by atoms with van der Waals surface area (Å²) in [4.78, 5) is 14.8. The van der Waals surface area contributed by atoms with Crippen molar-refractivity contribution in [3.8, 4) is 23.0 Å². The Hall–Kier alpha value is -2.50.